The number of piperidine rings is 1. The molecule has 116 valence electrons. The van der Waals surface area contributed by atoms with Gasteiger partial charge in [-0.1, -0.05) is 13.8 Å². The largest absolute Gasteiger partial charge is 0.344 e. The average Bonchev–Trinajstić information content (AvgIpc) is 2.79. The van der Waals surface area contributed by atoms with E-state index >= 15 is 0 Å². The summed E-state index contributed by atoms with van der Waals surface area (Å²) in [6, 6.07) is 0.399. The molecule has 1 fully saturated rings. The molecular formula is C16H26N4O. The highest BCUT2D eigenvalue weighted by atomic mass is 16.2. The van der Waals surface area contributed by atoms with Gasteiger partial charge in [0.25, 0.3) is 0 Å². The van der Waals surface area contributed by atoms with E-state index in [0.717, 1.165) is 38.9 Å². The Labute approximate surface area is 126 Å². The molecule has 1 aromatic rings. The van der Waals surface area contributed by atoms with Gasteiger partial charge in [0, 0.05) is 51.6 Å². The van der Waals surface area contributed by atoms with Crippen molar-refractivity contribution in [3.8, 4) is 0 Å². The van der Waals surface area contributed by atoms with Crippen LogP contribution < -0.4 is 5.32 Å². The van der Waals surface area contributed by atoms with Crippen LogP contribution in [0.2, 0.25) is 0 Å². The van der Waals surface area contributed by atoms with Crippen LogP contribution in [-0.2, 0) is 24.2 Å². The number of nitrogens with zero attached hydrogens (tertiary/aromatic N) is 3. The minimum Gasteiger partial charge on any atom is -0.344 e. The zero-order chi connectivity index (χ0) is 15.0. The number of likely N-dealkylation sites (tertiary alicyclic amines) is 1. The Kier molecular flexibility index (Phi) is 4.02. The summed E-state index contributed by atoms with van der Waals surface area (Å²) in [4.78, 5) is 18.5. The van der Waals surface area contributed by atoms with Crippen molar-refractivity contribution in [2.24, 2.45) is 5.92 Å². The number of nitrogens with one attached hydrogen (secondary N) is 1. The first-order chi connectivity index (χ1) is 10.1. The van der Waals surface area contributed by atoms with Gasteiger partial charge in [0.1, 0.15) is 5.82 Å². The normalized spacial score (nSPS) is 22.8. The van der Waals surface area contributed by atoms with Gasteiger partial charge in [-0.05, 0) is 12.3 Å². The third-order valence-electron chi connectivity index (χ3n) is 4.55. The highest BCUT2D eigenvalue weighted by Gasteiger charge is 2.29. The van der Waals surface area contributed by atoms with Crippen molar-refractivity contribution in [3.05, 3.63) is 17.2 Å². The third kappa shape index (κ3) is 2.84. The van der Waals surface area contributed by atoms with Gasteiger partial charge in [-0.3, -0.25) is 4.79 Å². The molecule has 3 heterocycles. The Morgan fingerprint density at radius 3 is 2.90 bits per heavy atom. The lowest BCUT2D eigenvalue weighted by atomic mass is 10.0. The number of rotatable bonds is 3. The van der Waals surface area contributed by atoms with Gasteiger partial charge in [0.2, 0.25) is 5.91 Å². The van der Waals surface area contributed by atoms with Crippen LogP contribution in [0.15, 0.2) is 0 Å². The lowest BCUT2D eigenvalue weighted by molar-refractivity contribution is -0.132. The van der Waals surface area contributed by atoms with Gasteiger partial charge in [-0.2, -0.15) is 0 Å². The standard InChI is InChI=1S/C16H26N4O/c1-11(2)8-15-18-13-9-17-7-6-14(13)20(15)12-4-5-16(21)19(3)10-12/h11-12,17H,4-10H2,1-3H3. The number of hydrogen-bond acceptors (Lipinski definition) is 3. The molecule has 1 amide bonds. The number of fused-ring (bicyclic) bond motifs is 1. The first kappa shape index (κ1) is 14.6. The van der Waals surface area contributed by atoms with Crippen molar-refractivity contribution in [3.63, 3.8) is 0 Å². The van der Waals surface area contributed by atoms with E-state index in [4.69, 9.17) is 4.98 Å². The lowest BCUT2D eigenvalue weighted by Crippen LogP contribution is -2.39. The fourth-order valence-corrected chi connectivity index (χ4v) is 3.53. The molecular weight excluding hydrogens is 264 g/mol. The summed E-state index contributed by atoms with van der Waals surface area (Å²) in [6.07, 6.45) is 3.67. The quantitative estimate of drug-likeness (QED) is 0.918. The Bertz CT molecular complexity index is 535. The lowest BCUT2D eigenvalue weighted by Gasteiger charge is -2.33. The number of likely N-dealkylation sites (N-methyl/N-ethyl adjacent to an activating group) is 1. The van der Waals surface area contributed by atoms with Crippen LogP contribution in [0.5, 0.6) is 0 Å². The summed E-state index contributed by atoms with van der Waals surface area (Å²) in [5.74, 6) is 2.09. The van der Waals surface area contributed by atoms with E-state index in [-0.39, 0.29) is 5.91 Å². The third-order valence-corrected chi connectivity index (χ3v) is 4.55. The van der Waals surface area contributed by atoms with Crippen LogP contribution in [0.25, 0.3) is 0 Å². The van der Waals surface area contributed by atoms with E-state index < -0.39 is 0 Å². The number of hydrogen-bond donors (Lipinski definition) is 1. The number of carbonyl (C=O) groups excluding carboxylic acids is 1. The Hall–Kier alpha value is -1.36. The predicted molar refractivity (Wildman–Crippen MR) is 82.1 cm³/mol. The summed E-state index contributed by atoms with van der Waals surface area (Å²) < 4.78 is 2.47. The van der Waals surface area contributed by atoms with Crippen LogP contribution in [0.4, 0.5) is 0 Å². The van der Waals surface area contributed by atoms with E-state index in [1.165, 1.54) is 17.2 Å². The summed E-state index contributed by atoms with van der Waals surface area (Å²) in [7, 11) is 1.92. The second-order valence-electron chi connectivity index (χ2n) is 6.78. The summed E-state index contributed by atoms with van der Waals surface area (Å²) in [5.41, 5.74) is 2.62. The van der Waals surface area contributed by atoms with E-state index in [9.17, 15) is 4.79 Å². The molecule has 1 unspecified atom stereocenters. The average molecular weight is 290 g/mol. The monoisotopic (exact) mass is 290 g/mol. The molecule has 0 aromatic carbocycles. The molecule has 0 bridgehead atoms. The number of aromatic nitrogens is 2. The topological polar surface area (TPSA) is 50.2 Å². The fourth-order valence-electron chi connectivity index (χ4n) is 3.53. The molecule has 3 rings (SSSR count). The summed E-state index contributed by atoms with van der Waals surface area (Å²) in [6.45, 7) is 7.22. The molecule has 0 radical (unpaired) electrons. The van der Waals surface area contributed by atoms with Crippen molar-refractivity contribution in [1.82, 2.24) is 19.8 Å². The van der Waals surface area contributed by atoms with Crippen molar-refractivity contribution < 1.29 is 4.79 Å². The maximum Gasteiger partial charge on any atom is 0.222 e. The predicted octanol–water partition coefficient (Wildman–Crippen LogP) is 1.52. The first-order valence-electron chi connectivity index (χ1n) is 8.09. The van der Waals surface area contributed by atoms with Crippen LogP contribution in [-0.4, -0.2) is 40.5 Å². The van der Waals surface area contributed by atoms with E-state index in [1.807, 2.05) is 11.9 Å². The molecule has 0 aliphatic carbocycles. The van der Waals surface area contributed by atoms with Gasteiger partial charge in [0.05, 0.1) is 11.7 Å². The maximum atomic E-state index is 11.8. The number of carbonyl (C=O) groups is 1. The van der Waals surface area contributed by atoms with Gasteiger partial charge in [-0.25, -0.2) is 4.98 Å². The first-order valence-corrected chi connectivity index (χ1v) is 8.09. The summed E-state index contributed by atoms with van der Waals surface area (Å²) in [5, 5.41) is 3.41. The number of imidazole rings is 1. The van der Waals surface area contributed by atoms with Crippen LogP contribution in [0, 0.1) is 5.92 Å². The zero-order valence-corrected chi connectivity index (χ0v) is 13.4. The van der Waals surface area contributed by atoms with Crippen LogP contribution in [0.3, 0.4) is 0 Å². The molecule has 1 aromatic heterocycles. The smallest absolute Gasteiger partial charge is 0.222 e. The van der Waals surface area contributed by atoms with E-state index in [0.29, 0.717) is 18.4 Å². The number of amides is 1. The van der Waals surface area contributed by atoms with Crippen molar-refractivity contribution >= 4 is 5.91 Å². The van der Waals surface area contributed by atoms with Gasteiger partial charge >= 0.3 is 0 Å². The molecule has 2 aliphatic heterocycles. The molecule has 1 atom stereocenters. The Morgan fingerprint density at radius 1 is 1.38 bits per heavy atom. The molecule has 1 saturated heterocycles. The van der Waals surface area contributed by atoms with E-state index in [2.05, 4.69) is 23.7 Å². The Morgan fingerprint density at radius 2 is 2.19 bits per heavy atom. The highest BCUT2D eigenvalue weighted by molar-refractivity contribution is 5.76. The highest BCUT2D eigenvalue weighted by Crippen LogP contribution is 2.29. The minimum atomic E-state index is 0.271. The SMILES string of the molecule is CC(C)Cc1nc2c(n1C1CCC(=O)N(C)C1)CCNC2. The molecule has 2 aliphatic rings. The van der Waals surface area contributed by atoms with Gasteiger partial charge in [-0.15, -0.1) is 0 Å². The molecule has 0 spiro atoms. The van der Waals surface area contributed by atoms with Crippen LogP contribution in [0.1, 0.15) is 49.9 Å². The molecule has 5 nitrogen and oxygen atoms in total. The van der Waals surface area contributed by atoms with Crippen molar-refractivity contribution in [2.75, 3.05) is 20.1 Å². The fraction of sp³-hybridized carbons (Fsp3) is 0.750. The van der Waals surface area contributed by atoms with Crippen LogP contribution >= 0.6 is 0 Å². The minimum absolute atomic E-state index is 0.271. The van der Waals surface area contributed by atoms with Crippen molar-refractivity contribution in [2.45, 2.75) is 52.1 Å². The van der Waals surface area contributed by atoms with Gasteiger partial charge in [0.15, 0.2) is 0 Å². The Balaban J connectivity index is 1.95. The molecule has 1 N–H and O–H groups in total. The molecule has 0 saturated carbocycles. The maximum absolute atomic E-state index is 11.8. The second-order valence-corrected chi connectivity index (χ2v) is 6.78. The van der Waals surface area contributed by atoms with Crippen molar-refractivity contribution in [1.29, 1.82) is 0 Å². The molecule has 21 heavy (non-hydrogen) atoms. The zero-order valence-electron chi connectivity index (χ0n) is 13.4. The van der Waals surface area contributed by atoms with E-state index in [1.54, 1.807) is 0 Å². The summed E-state index contributed by atoms with van der Waals surface area (Å²) >= 11 is 0. The second kappa shape index (κ2) is 5.79. The van der Waals surface area contributed by atoms with Gasteiger partial charge < -0.3 is 14.8 Å². The molecule has 5 heteroatoms.